The molecule has 0 aliphatic carbocycles. The Hall–Kier alpha value is -1.04. The van der Waals surface area contributed by atoms with Gasteiger partial charge in [-0.3, -0.25) is 4.18 Å². The monoisotopic (exact) mass is 468 g/mol. The first-order valence-electron chi connectivity index (χ1n) is 10.00. The Morgan fingerprint density at radius 3 is 2.03 bits per heavy atom. The molecule has 0 atom stereocenters. The van der Waals surface area contributed by atoms with Gasteiger partial charge < -0.3 is 13.9 Å². The van der Waals surface area contributed by atoms with E-state index in [4.69, 9.17) is 0 Å². The zero-order valence-corrected chi connectivity index (χ0v) is 20.4. The molecule has 8 nitrogen and oxygen atoms in total. The lowest BCUT2D eigenvalue weighted by molar-refractivity contribution is -0.898. The van der Waals surface area contributed by atoms with E-state index in [0.717, 1.165) is 19.6 Å². The first-order chi connectivity index (χ1) is 13.8. The highest BCUT2D eigenvalue weighted by atomic mass is 32.2. The van der Waals surface area contributed by atoms with E-state index in [1.54, 1.807) is 12.2 Å². The fraction of sp³-hybridized carbons (Fsp3) is 0.700. The molecule has 30 heavy (non-hydrogen) atoms. The number of nitrogens with zero attached hydrogens (tertiary/aromatic N) is 2. The molecule has 10 heteroatoms. The van der Waals surface area contributed by atoms with Crippen LogP contribution in [0.5, 0.6) is 0 Å². The Labute approximate surface area is 184 Å². The van der Waals surface area contributed by atoms with Gasteiger partial charge in [0.25, 0.3) is 10.1 Å². The standard InChI is InChI=1S/C10H19NO3S.C7H15N.C3H6O3S/c1-4-7-11(3,8-5-2)9-6-10-15(12,13)14;1-4-6-8(3)7-5-2;4-7(5)3-1-2-6-7/h4-5H,1-2,6-10H2,3H3;4H,1,5-7H2,2-3H3;1-3H2. The molecule has 0 amide bonds. The Kier molecular flexibility index (Phi) is 17.3. The van der Waals surface area contributed by atoms with Crippen molar-refractivity contribution in [1.29, 1.82) is 0 Å². The van der Waals surface area contributed by atoms with Gasteiger partial charge in [0.2, 0.25) is 0 Å². The van der Waals surface area contributed by atoms with Gasteiger partial charge in [-0.25, -0.2) is 8.42 Å². The first kappa shape index (κ1) is 31.1. The molecule has 0 spiro atoms. The average molecular weight is 469 g/mol. The van der Waals surface area contributed by atoms with Crippen LogP contribution in [0.1, 0.15) is 26.2 Å². The highest BCUT2D eigenvalue weighted by molar-refractivity contribution is 7.86. The summed E-state index contributed by atoms with van der Waals surface area (Å²) >= 11 is 0. The summed E-state index contributed by atoms with van der Waals surface area (Å²) in [6.07, 6.45) is 7.76. The lowest BCUT2D eigenvalue weighted by atomic mass is 10.3. The molecule has 0 radical (unpaired) electrons. The Balaban J connectivity index is 0. The van der Waals surface area contributed by atoms with Crippen molar-refractivity contribution in [2.45, 2.75) is 26.2 Å². The van der Waals surface area contributed by atoms with E-state index in [1.807, 2.05) is 13.1 Å². The normalized spacial score (nSPS) is 15.4. The van der Waals surface area contributed by atoms with Gasteiger partial charge in [-0.2, -0.15) is 8.42 Å². The number of likely N-dealkylation sites (N-methyl/N-ethyl adjacent to an activating group) is 2. The second-order valence-electron chi connectivity index (χ2n) is 7.39. The number of hydrogen-bond acceptors (Lipinski definition) is 7. The quantitative estimate of drug-likeness (QED) is 0.187. The molecule has 1 fully saturated rings. The van der Waals surface area contributed by atoms with Gasteiger partial charge in [0, 0.05) is 18.7 Å². The third-order valence-corrected chi connectivity index (χ3v) is 6.18. The minimum Gasteiger partial charge on any atom is -0.748 e. The molecule has 0 aromatic rings. The average Bonchev–Trinajstić information content (AvgIpc) is 3.00. The van der Waals surface area contributed by atoms with Gasteiger partial charge in [0.1, 0.15) is 0 Å². The predicted octanol–water partition coefficient (Wildman–Crippen LogP) is 1.99. The maximum Gasteiger partial charge on any atom is 0.267 e. The Morgan fingerprint density at radius 1 is 1.17 bits per heavy atom. The second-order valence-corrected chi connectivity index (χ2v) is 10.7. The van der Waals surface area contributed by atoms with Crippen LogP contribution in [0, 0.1) is 0 Å². The molecule has 0 unspecified atom stereocenters. The van der Waals surface area contributed by atoms with E-state index < -0.39 is 20.2 Å². The van der Waals surface area contributed by atoms with E-state index >= 15 is 0 Å². The van der Waals surface area contributed by atoms with Crippen LogP contribution in [-0.2, 0) is 24.4 Å². The van der Waals surface area contributed by atoms with E-state index in [0.29, 0.717) is 30.5 Å². The van der Waals surface area contributed by atoms with Crippen molar-refractivity contribution < 1.29 is 30.1 Å². The smallest absolute Gasteiger partial charge is 0.267 e. The van der Waals surface area contributed by atoms with Crippen molar-refractivity contribution in [1.82, 2.24) is 4.90 Å². The zero-order valence-electron chi connectivity index (χ0n) is 18.8. The number of hydrogen-bond donors (Lipinski definition) is 0. The van der Waals surface area contributed by atoms with Crippen LogP contribution in [0.25, 0.3) is 0 Å². The first-order valence-corrected chi connectivity index (χ1v) is 13.2. The molecule has 1 aliphatic rings. The summed E-state index contributed by atoms with van der Waals surface area (Å²) in [7, 11) is -3.05. The maximum absolute atomic E-state index is 10.4. The minimum atomic E-state index is -4.09. The molecule has 1 heterocycles. The highest BCUT2D eigenvalue weighted by Gasteiger charge is 2.18. The summed E-state index contributed by atoms with van der Waals surface area (Å²) in [5.74, 6) is -0.0951. The van der Waals surface area contributed by atoms with Crippen molar-refractivity contribution >= 4 is 20.2 Å². The maximum atomic E-state index is 10.4. The van der Waals surface area contributed by atoms with E-state index in [2.05, 4.69) is 42.8 Å². The molecule has 1 saturated heterocycles. The van der Waals surface area contributed by atoms with Crippen molar-refractivity contribution in [2.75, 3.05) is 64.9 Å². The van der Waals surface area contributed by atoms with Crippen molar-refractivity contribution in [3.8, 4) is 0 Å². The van der Waals surface area contributed by atoms with Gasteiger partial charge in [0.05, 0.1) is 49.2 Å². The molecule has 0 saturated carbocycles. The van der Waals surface area contributed by atoms with Crippen LogP contribution >= 0.6 is 0 Å². The molecule has 0 aromatic heterocycles. The fourth-order valence-electron chi connectivity index (χ4n) is 2.68. The molecule has 0 bridgehead atoms. The van der Waals surface area contributed by atoms with E-state index in [1.165, 1.54) is 13.0 Å². The van der Waals surface area contributed by atoms with Gasteiger partial charge >= 0.3 is 0 Å². The molecule has 1 rings (SSSR count). The van der Waals surface area contributed by atoms with Gasteiger partial charge in [-0.05, 0) is 38.6 Å². The van der Waals surface area contributed by atoms with E-state index in [9.17, 15) is 21.4 Å². The molecule has 0 aromatic carbocycles. The van der Waals surface area contributed by atoms with Crippen LogP contribution in [0.2, 0.25) is 0 Å². The summed E-state index contributed by atoms with van der Waals surface area (Å²) in [4.78, 5) is 2.24. The van der Waals surface area contributed by atoms with Crippen molar-refractivity contribution in [3.05, 3.63) is 38.0 Å². The van der Waals surface area contributed by atoms with Crippen LogP contribution in [0.3, 0.4) is 0 Å². The Bertz CT molecular complexity index is 668. The van der Waals surface area contributed by atoms with Crippen molar-refractivity contribution in [2.24, 2.45) is 0 Å². The van der Waals surface area contributed by atoms with Gasteiger partial charge in [0.15, 0.2) is 0 Å². The SMILES string of the molecule is C=CCN(C)CCC.C=CC[N+](C)(CC=C)CCCS(=O)(=O)[O-].O=S1(=O)CCCO1. The summed E-state index contributed by atoms with van der Waals surface area (Å²) in [6.45, 7) is 17.8. The van der Waals surface area contributed by atoms with Crippen LogP contribution in [0.4, 0.5) is 0 Å². The lowest BCUT2D eigenvalue weighted by Gasteiger charge is -2.32. The number of quaternary nitrogens is 1. The third-order valence-electron chi connectivity index (χ3n) is 4.08. The van der Waals surface area contributed by atoms with Crippen molar-refractivity contribution in [3.63, 3.8) is 0 Å². The molecule has 178 valence electrons. The van der Waals surface area contributed by atoms with Gasteiger partial charge in [-0.1, -0.05) is 26.2 Å². The summed E-state index contributed by atoms with van der Waals surface area (Å²) in [5, 5.41) is 0. The van der Waals surface area contributed by atoms with Crippen LogP contribution in [0.15, 0.2) is 38.0 Å². The van der Waals surface area contributed by atoms with Crippen LogP contribution in [-0.4, -0.2) is 95.7 Å². The minimum absolute atomic E-state index is 0.201. The molecule has 0 N–H and O–H groups in total. The summed E-state index contributed by atoms with van der Waals surface area (Å²) < 4.78 is 56.7. The molecular weight excluding hydrogens is 428 g/mol. The lowest BCUT2D eigenvalue weighted by Crippen LogP contribution is -2.45. The summed E-state index contributed by atoms with van der Waals surface area (Å²) in [6, 6.07) is 0. The Morgan fingerprint density at radius 2 is 1.73 bits per heavy atom. The van der Waals surface area contributed by atoms with E-state index in [-0.39, 0.29) is 11.5 Å². The topological polar surface area (TPSA) is 104 Å². The highest BCUT2D eigenvalue weighted by Crippen LogP contribution is 2.06. The van der Waals surface area contributed by atoms with Crippen LogP contribution < -0.4 is 0 Å². The number of rotatable bonds is 12. The second kappa shape index (κ2) is 16.6. The molecule has 1 aliphatic heterocycles. The molecular formula is C20H40N2O6S2. The third kappa shape index (κ3) is 20.2. The predicted molar refractivity (Wildman–Crippen MR) is 123 cm³/mol. The van der Waals surface area contributed by atoms with Gasteiger partial charge in [-0.15, -0.1) is 6.58 Å². The largest absolute Gasteiger partial charge is 0.748 e. The fourth-order valence-corrected chi connectivity index (χ4v) is 4.12. The summed E-state index contributed by atoms with van der Waals surface area (Å²) in [5.41, 5.74) is 0. The zero-order chi connectivity index (χ0) is 23.7.